The molecule has 0 saturated heterocycles. The van der Waals surface area contributed by atoms with Gasteiger partial charge in [-0.2, -0.15) is 0 Å². The van der Waals surface area contributed by atoms with E-state index in [-0.39, 0.29) is 11.8 Å². The van der Waals surface area contributed by atoms with Crippen LogP contribution in [0.3, 0.4) is 0 Å². The van der Waals surface area contributed by atoms with E-state index in [0.717, 1.165) is 6.07 Å². The van der Waals surface area contributed by atoms with Crippen LogP contribution in [0.15, 0.2) is 22.7 Å². The van der Waals surface area contributed by atoms with Crippen molar-refractivity contribution < 1.29 is 13.3 Å². The predicted octanol–water partition coefficient (Wildman–Crippen LogP) is 3.33. The Hall–Kier alpha value is -1.91. The molecule has 0 spiro atoms. The summed E-state index contributed by atoms with van der Waals surface area (Å²) in [6.45, 7) is 3.80. The van der Waals surface area contributed by atoms with E-state index in [1.807, 2.05) is 13.8 Å². The molecule has 0 aliphatic rings. The molecule has 0 unspecified atom stereocenters. The van der Waals surface area contributed by atoms with Crippen LogP contribution in [0.5, 0.6) is 0 Å². The lowest BCUT2D eigenvalue weighted by Gasteiger charge is -2.05. The zero-order valence-corrected chi connectivity index (χ0v) is 9.50. The second kappa shape index (κ2) is 4.16. The van der Waals surface area contributed by atoms with Gasteiger partial charge >= 0.3 is 0 Å². The second-order valence-electron chi connectivity index (χ2n) is 4.12. The number of hydrogen-bond acceptors (Lipinski definition) is 3. The van der Waals surface area contributed by atoms with E-state index in [1.165, 1.54) is 12.1 Å². The third kappa shape index (κ3) is 2.13. The predicted molar refractivity (Wildman–Crippen MR) is 60.4 cm³/mol. The van der Waals surface area contributed by atoms with Gasteiger partial charge in [-0.3, -0.25) is 0 Å². The molecule has 17 heavy (non-hydrogen) atoms. The maximum absolute atomic E-state index is 13.2. The van der Waals surface area contributed by atoms with Crippen LogP contribution in [0.2, 0.25) is 0 Å². The number of aromatic nitrogens is 1. The van der Waals surface area contributed by atoms with Crippen molar-refractivity contribution in [2.75, 3.05) is 5.73 Å². The first-order chi connectivity index (χ1) is 7.99. The summed E-state index contributed by atoms with van der Waals surface area (Å²) in [6, 6.07) is 3.22. The van der Waals surface area contributed by atoms with Crippen LogP contribution >= 0.6 is 0 Å². The normalized spacial score (nSPS) is 11.1. The van der Waals surface area contributed by atoms with Gasteiger partial charge in [0, 0.05) is 6.07 Å². The molecule has 1 aromatic carbocycles. The topological polar surface area (TPSA) is 52.0 Å². The molecule has 0 saturated carbocycles. The van der Waals surface area contributed by atoms with E-state index in [0.29, 0.717) is 16.8 Å². The first kappa shape index (κ1) is 11.6. The van der Waals surface area contributed by atoms with E-state index in [1.54, 1.807) is 0 Å². The molecule has 5 heteroatoms. The van der Waals surface area contributed by atoms with Crippen LogP contribution in [-0.4, -0.2) is 5.16 Å². The van der Waals surface area contributed by atoms with Crippen LogP contribution in [-0.2, 0) is 0 Å². The Morgan fingerprint density at radius 2 is 1.76 bits per heavy atom. The minimum atomic E-state index is -0.657. The standard InChI is InChI=1S/C12H12F2N2O/c1-6(2)11-10(12(15)17-16-11)7-3-8(13)5-9(14)4-7/h3-6H,15H2,1-2H3. The molecule has 1 heterocycles. The molecule has 0 bridgehead atoms. The molecule has 2 aromatic rings. The molecule has 0 atom stereocenters. The fourth-order valence-corrected chi connectivity index (χ4v) is 1.70. The lowest BCUT2D eigenvalue weighted by molar-refractivity contribution is 0.424. The van der Waals surface area contributed by atoms with Gasteiger partial charge in [0.05, 0.1) is 11.3 Å². The van der Waals surface area contributed by atoms with Gasteiger partial charge in [0.15, 0.2) is 0 Å². The Bertz CT molecular complexity index is 529. The lowest BCUT2D eigenvalue weighted by atomic mass is 9.99. The monoisotopic (exact) mass is 238 g/mol. The van der Waals surface area contributed by atoms with E-state index in [4.69, 9.17) is 10.3 Å². The van der Waals surface area contributed by atoms with Crippen LogP contribution in [0.4, 0.5) is 14.7 Å². The fourth-order valence-electron chi connectivity index (χ4n) is 1.70. The zero-order chi connectivity index (χ0) is 12.6. The Morgan fingerprint density at radius 1 is 1.18 bits per heavy atom. The molecule has 90 valence electrons. The highest BCUT2D eigenvalue weighted by Crippen LogP contribution is 2.34. The molecule has 1 aromatic heterocycles. The summed E-state index contributed by atoms with van der Waals surface area (Å²) in [5, 5.41) is 3.81. The summed E-state index contributed by atoms with van der Waals surface area (Å²) in [5.74, 6) is -1.19. The van der Waals surface area contributed by atoms with Crippen LogP contribution in [0.1, 0.15) is 25.5 Å². The summed E-state index contributed by atoms with van der Waals surface area (Å²) in [4.78, 5) is 0. The number of nitrogens with zero attached hydrogens (tertiary/aromatic N) is 1. The van der Waals surface area contributed by atoms with Gasteiger partial charge in [-0.05, 0) is 23.6 Å². The van der Waals surface area contributed by atoms with Crippen molar-refractivity contribution in [3.8, 4) is 11.1 Å². The third-order valence-corrected chi connectivity index (χ3v) is 2.44. The third-order valence-electron chi connectivity index (χ3n) is 2.44. The minimum absolute atomic E-state index is 0.0531. The van der Waals surface area contributed by atoms with E-state index < -0.39 is 11.6 Å². The fraction of sp³-hybridized carbons (Fsp3) is 0.250. The van der Waals surface area contributed by atoms with E-state index >= 15 is 0 Å². The van der Waals surface area contributed by atoms with Gasteiger partial charge < -0.3 is 10.3 Å². The molecular formula is C12H12F2N2O. The van der Waals surface area contributed by atoms with E-state index in [2.05, 4.69) is 5.16 Å². The van der Waals surface area contributed by atoms with Crippen molar-refractivity contribution in [2.24, 2.45) is 0 Å². The maximum atomic E-state index is 13.2. The van der Waals surface area contributed by atoms with Gasteiger partial charge in [-0.1, -0.05) is 19.0 Å². The van der Waals surface area contributed by atoms with Crippen molar-refractivity contribution in [3.63, 3.8) is 0 Å². The summed E-state index contributed by atoms with van der Waals surface area (Å²) in [5.41, 5.74) is 7.02. The minimum Gasteiger partial charge on any atom is -0.367 e. The smallest absolute Gasteiger partial charge is 0.230 e. The number of hydrogen-bond donors (Lipinski definition) is 1. The SMILES string of the molecule is CC(C)c1noc(N)c1-c1cc(F)cc(F)c1. The highest BCUT2D eigenvalue weighted by Gasteiger charge is 2.19. The number of rotatable bonds is 2. The van der Waals surface area contributed by atoms with Gasteiger partial charge in [0.1, 0.15) is 11.6 Å². The number of benzene rings is 1. The number of nitrogens with two attached hydrogens (primary N) is 1. The summed E-state index contributed by atoms with van der Waals surface area (Å²) < 4.78 is 31.2. The van der Waals surface area contributed by atoms with Crippen molar-refractivity contribution in [2.45, 2.75) is 19.8 Å². The van der Waals surface area contributed by atoms with Gasteiger partial charge in [0.2, 0.25) is 5.88 Å². The first-order valence-electron chi connectivity index (χ1n) is 5.20. The highest BCUT2D eigenvalue weighted by atomic mass is 19.1. The number of halogens is 2. The molecule has 0 radical (unpaired) electrons. The molecular weight excluding hydrogens is 226 g/mol. The zero-order valence-electron chi connectivity index (χ0n) is 9.50. The van der Waals surface area contributed by atoms with E-state index in [9.17, 15) is 8.78 Å². The highest BCUT2D eigenvalue weighted by molar-refractivity contribution is 5.75. The molecule has 0 aliphatic heterocycles. The average molecular weight is 238 g/mol. The Morgan fingerprint density at radius 3 is 2.29 bits per heavy atom. The maximum Gasteiger partial charge on any atom is 0.230 e. The van der Waals surface area contributed by atoms with Crippen molar-refractivity contribution in [3.05, 3.63) is 35.5 Å². The molecule has 0 fully saturated rings. The summed E-state index contributed by atoms with van der Waals surface area (Å²) >= 11 is 0. The molecule has 0 aliphatic carbocycles. The number of nitrogen functional groups attached to an aromatic ring is 1. The van der Waals surface area contributed by atoms with Gasteiger partial charge in [-0.25, -0.2) is 8.78 Å². The Kier molecular flexibility index (Phi) is 2.83. The molecule has 2 N–H and O–H groups in total. The van der Waals surface area contributed by atoms with Crippen molar-refractivity contribution >= 4 is 5.88 Å². The molecule has 3 nitrogen and oxygen atoms in total. The lowest BCUT2D eigenvalue weighted by Crippen LogP contribution is -1.94. The Balaban J connectivity index is 2.63. The van der Waals surface area contributed by atoms with Crippen LogP contribution in [0.25, 0.3) is 11.1 Å². The summed E-state index contributed by atoms with van der Waals surface area (Å²) in [7, 11) is 0. The van der Waals surface area contributed by atoms with Crippen LogP contribution in [0, 0.1) is 11.6 Å². The largest absolute Gasteiger partial charge is 0.367 e. The quantitative estimate of drug-likeness (QED) is 0.873. The second-order valence-corrected chi connectivity index (χ2v) is 4.12. The summed E-state index contributed by atoms with van der Waals surface area (Å²) in [6.07, 6.45) is 0. The molecule has 0 amide bonds. The first-order valence-corrected chi connectivity index (χ1v) is 5.20. The van der Waals surface area contributed by atoms with Gasteiger partial charge in [0.25, 0.3) is 0 Å². The Labute approximate surface area is 97.2 Å². The van der Waals surface area contributed by atoms with Crippen LogP contribution < -0.4 is 5.73 Å². The van der Waals surface area contributed by atoms with Crippen molar-refractivity contribution in [1.29, 1.82) is 0 Å². The van der Waals surface area contributed by atoms with Gasteiger partial charge in [-0.15, -0.1) is 0 Å². The molecule has 2 rings (SSSR count). The van der Waals surface area contributed by atoms with Crippen molar-refractivity contribution in [1.82, 2.24) is 5.16 Å². The number of anilines is 1. The average Bonchev–Trinajstić information content (AvgIpc) is 2.58.